The second-order valence-corrected chi connectivity index (χ2v) is 6.18. The lowest BCUT2D eigenvalue weighted by atomic mass is 9.86. The molecule has 1 aromatic heterocycles. The van der Waals surface area contributed by atoms with Gasteiger partial charge in [0, 0.05) is 6.20 Å². The Morgan fingerprint density at radius 3 is 2.39 bits per heavy atom. The Hall–Kier alpha value is -0.830. The normalized spacial score (nSPS) is 14.2. The molecule has 0 radical (unpaired) electrons. The van der Waals surface area contributed by atoms with Crippen LogP contribution >= 0.6 is 0 Å². The maximum absolute atomic E-state index is 10.0. The van der Waals surface area contributed by atoms with Crippen molar-refractivity contribution >= 4 is 0 Å². The van der Waals surface area contributed by atoms with Crippen molar-refractivity contribution in [1.29, 1.82) is 0 Å². The average molecular weight is 252 g/mol. The first-order valence-electron chi connectivity index (χ1n) is 7.10. The van der Waals surface area contributed by atoms with Crippen LogP contribution in [0.5, 0.6) is 0 Å². The maximum Gasteiger partial charge on any atom is 0.0625 e. The predicted octanol–water partition coefficient (Wildman–Crippen LogP) is 3.58. The molecule has 1 heterocycles. The van der Waals surface area contributed by atoms with Gasteiger partial charge >= 0.3 is 0 Å². The first-order valence-corrected chi connectivity index (χ1v) is 7.10. The van der Waals surface area contributed by atoms with Crippen LogP contribution in [0, 0.1) is 5.41 Å². The van der Waals surface area contributed by atoms with Crippen molar-refractivity contribution < 1.29 is 5.11 Å². The Kier molecular flexibility index (Phi) is 5.39. The molecule has 0 amide bonds. The molecule has 1 N–H and O–H groups in total. The van der Waals surface area contributed by atoms with E-state index in [1.54, 1.807) is 0 Å². The van der Waals surface area contributed by atoms with Crippen LogP contribution in [0.15, 0.2) is 12.3 Å². The van der Waals surface area contributed by atoms with Crippen LogP contribution in [-0.2, 0) is 6.42 Å². The van der Waals surface area contributed by atoms with Gasteiger partial charge in [-0.1, -0.05) is 34.6 Å². The molecule has 0 aromatic carbocycles. The molecule has 0 aliphatic carbocycles. The van der Waals surface area contributed by atoms with E-state index in [1.165, 1.54) is 0 Å². The van der Waals surface area contributed by atoms with E-state index >= 15 is 0 Å². The molecule has 0 saturated heterocycles. The Morgan fingerprint density at radius 2 is 1.89 bits per heavy atom. The van der Waals surface area contributed by atoms with E-state index in [-0.39, 0.29) is 11.5 Å². The van der Waals surface area contributed by atoms with Gasteiger partial charge in [-0.05, 0) is 37.2 Å². The van der Waals surface area contributed by atoms with Gasteiger partial charge in [0.2, 0.25) is 0 Å². The lowest BCUT2D eigenvalue weighted by Crippen LogP contribution is -2.26. The van der Waals surface area contributed by atoms with Crippen molar-refractivity contribution in [3.05, 3.63) is 18.0 Å². The third-order valence-corrected chi connectivity index (χ3v) is 3.65. The van der Waals surface area contributed by atoms with Crippen LogP contribution in [0.25, 0.3) is 0 Å². The van der Waals surface area contributed by atoms with Gasteiger partial charge in [0.15, 0.2) is 0 Å². The highest BCUT2D eigenvalue weighted by atomic mass is 16.3. The topological polar surface area (TPSA) is 38.0 Å². The van der Waals surface area contributed by atoms with Crippen LogP contribution in [0.1, 0.15) is 65.6 Å². The predicted molar refractivity (Wildman–Crippen MR) is 75.6 cm³/mol. The summed E-state index contributed by atoms with van der Waals surface area (Å²) in [6.07, 6.45) is 5.66. The number of hydrogen-bond donors (Lipinski definition) is 1. The van der Waals surface area contributed by atoms with Crippen molar-refractivity contribution in [2.24, 2.45) is 5.41 Å². The Morgan fingerprint density at radius 1 is 1.28 bits per heavy atom. The fourth-order valence-electron chi connectivity index (χ4n) is 2.09. The smallest absolute Gasteiger partial charge is 0.0625 e. The number of hydrogen-bond acceptors (Lipinski definition) is 2. The van der Waals surface area contributed by atoms with E-state index in [9.17, 15) is 5.11 Å². The second-order valence-electron chi connectivity index (χ2n) is 6.18. The van der Waals surface area contributed by atoms with Crippen LogP contribution in [-0.4, -0.2) is 21.0 Å². The molecule has 0 fully saturated rings. The molecule has 18 heavy (non-hydrogen) atoms. The molecular formula is C15H28N2O. The average Bonchev–Trinajstić information content (AvgIpc) is 2.75. The number of aliphatic hydroxyl groups excluding tert-OH is 1. The molecule has 1 atom stereocenters. The van der Waals surface area contributed by atoms with Crippen molar-refractivity contribution in [2.45, 2.75) is 72.4 Å². The zero-order valence-electron chi connectivity index (χ0n) is 12.5. The highest BCUT2D eigenvalue weighted by Gasteiger charge is 2.22. The summed E-state index contributed by atoms with van der Waals surface area (Å²) >= 11 is 0. The molecule has 1 unspecified atom stereocenters. The molecule has 3 nitrogen and oxygen atoms in total. The van der Waals surface area contributed by atoms with Crippen LogP contribution in [0.2, 0.25) is 0 Å². The van der Waals surface area contributed by atoms with Crippen LogP contribution in [0.4, 0.5) is 0 Å². The monoisotopic (exact) mass is 252 g/mol. The van der Waals surface area contributed by atoms with E-state index < -0.39 is 0 Å². The van der Waals surface area contributed by atoms with Gasteiger partial charge in [-0.15, -0.1) is 0 Å². The standard InChI is InChI=1S/C15H28N2O/c1-6-13(7-2)17-11-10-12(16-17)8-9-14(18)15(3,4)5/h10-11,13-14,18H,6-9H2,1-5H3. The quantitative estimate of drug-likeness (QED) is 0.840. The number of nitrogens with zero attached hydrogens (tertiary/aromatic N) is 2. The van der Waals surface area contributed by atoms with E-state index in [4.69, 9.17) is 0 Å². The summed E-state index contributed by atoms with van der Waals surface area (Å²) in [6, 6.07) is 2.58. The molecule has 0 bridgehead atoms. The number of rotatable bonds is 6. The van der Waals surface area contributed by atoms with Gasteiger partial charge in [0.25, 0.3) is 0 Å². The van der Waals surface area contributed by atoms with Gasteiger partial charge in [-0.25, -0.2) is 0 Å². The molecule has 3 heteroatoms. The maximum atomic E-state index is 10.0. The fourth-order valence-corrected chi connectivity index (χ4v) is 2.09. The summed E-state index contributed by atoms with van der Waals surface area (Å²) in [6.45, 7) is 10.6. The zero-order chi connectivity index (χ0) is 13.8. The van der Waals surface area contributed by atoms with E-state index in [0.717, 1.165) is 31.4 Å². The highest BCUT2D eigenvalue weighted by Crippen LogP contribution is 2.23. The summed E-state index contributed by atoms with van der Waals surface area (Å²) < 4.78 is 2.07. The lowest BCUT2D eigenvalue weighted by molar-refractivity contribution is 0.0557. The third-order valence-electron chi connectivity index (χ3n) is 3.65. The molecule has 1 rings (SSSR count). The van der Waals surface area contributed by atoms with E-state index in [2.05, 4.69) is 56.7 Å². The highest BCUT2D eigenvalue weighted by molar-refractivity contribution is 5.00. The largest absolute Gasteiger partial charge is 0.393 e. The van der Waals surface area contributed by atoms with Gasteiger partial charge < -0.3 is 5.11 Å². The van der Waals surface area contributed by atoms with Crippen molar-refractivity contribution in [2.75, 3.05) is 0 Å². The van der Waals surface area contributed by atoms with E-state index in [0.29, 0.717) is 6.04 Å². The number of aryl methyl sites for hydroxylation is 1. The fraction of sp³-hybridized carbons (Fsp3) is 0.800. The molecule has 1 aromatic rings. The number of aromatic nitrogens is 2. The lowest BCUT2D eigenvalue weighted by Gasteiger charge is -2.25. The molecule has 0 spiro atoms. The Labute approximate surface area is 111 Å². The van der Waals surface area contributed by atoms with Crippen LogP contribution < -0.4 is 0 Å². The van der Waals surface area contributed by atoms with Crippen molar-refractivity contribution in [3.63, 3.8) is 0 Å². The van der Waals surface area contributed by atoms with Crippen molar-refractivity contribution in [1.82, 2.24) is 9.78 Å². The zero-order valence-corrected chi connectivity index (χ0v) is 12.5. The van der Waals surface area contributed by atoms with Gasteiger partial charge in [-0.3, -0.25) is 4.68 Å². The number of aliphatic hydroxyl groups is 1. The minimum absolute atomic E-state index is 0.0437. The van der Waals surface area contributed by atoms with Crippen LogP contribution in [0.3, 0.4) is 0 Å². The summed E-state index contributed by atoms with van der Waals surface area (Å²) in [5.41, 5.74) is 1.04. The molecule has 0 saturated carbocycles. The second kappa shape index (κ2) is 6.37. The summed E-state index contributed by atoms with van der Waals surface area (Å²) in [5.74, 6) is 0. The molecule has 104 valence electrons. The first kappa shape index (κ1) is 15.2. The summed E-state index contributed by atoms with van der Waals surface area (Å²) in [4.78, 5) is 0. The summed E-state index contributed by atoms with van der Waals surface area (Å²) in [5, 5.41) is 14.6. The Bertz CT molecular complexity index is 348. The minimum Gasteiger partial charge on any atom is -0.393 e. The first-order chi connectivity index (χ1) is 8.38. The van der Waals surface area contributed by atoms with Gasteiger partial charge in [-0.2, -0.15) is 5.10 Å². The molecule has 0 aliphatic rings. The van der Waals surface area contributed by atoms with Gasteiger partial charge in [0.05, 0.1) is 17.8 Å². The Balaban J connectivity index is 2.54. The molecule has 0 aliphatic heterocycles. The van der Waals surface area contributed by atoms with Crippen molar-refractivity contribution in [3.8, 4) is 0 Å². The summed E-state index contributed by atoms with van der Waals surface area (Å²) in [7, 11) is 0. The van der Waals surface area contributed by atoms with Gasteiger partial charge in [0.1, 0.15) is 0 Å². The third kappa shape index (κ3) is 4.13. The van der Waals surface area contributed by atoms with E-state index in [1.807, 2.05) is 0 Å². The molecular weight excluding hydrogens is 224 g/mol. The SMILES string of the molecule is CCC(CC)n1ccc(CCC(O)C(C)(C)C)n1. The minimum atomic E-state index is -0.268.